The maximum atomic E-state index is 14.7. The van der Waals surface area contributed by atoms with Crippen LogP contribution in [0.15, 0.2) is 176 Å². The van der Waals surface area contributed by atoms with Crippen LogP contribution in [0.5, 0.6) is 0 Å². The summed E-state index contributed by atoms with van der Waals surface area (Å²) in [7, 11) is 0. The number of alkyl halides is 15. The van der Waals surface area contributed by atoms with Crippen LogP contribution < -0.4 is 0 Å². The van der Waals surface area contributed by atoms with Gasteiger partial charge in [0.15, 0.2) is 17.5 Å². The number of hydrogen-bond acceptors (Lipinski definition) is 3. The van der Waals surface area contributed by atoms with Gasteiger partial charge in [-0.25, -0.2) is 15.0 Å². The van der Waals surface area contributed by atoms with Crippen molar-refractivity contribution < 1.29 is 65.9 Å². The molecule has 10 rings (SSSR count). The highest BCUT2D eigenvalue weighted by Gasteiger charge is 2.40. The summed E-state index contributed by atoms with van der Waals surface area (Å²) in [6.45, 7) is 0. The van der Waals surface area contributed by atoms with Crippen LogP contribution in [0.2, 0.25) is 0 Å². The van der Waals surface area contributed by atoms with Crippen LogP contribution in [-0.2, 0) is 30.9 Å². The van der Waals surface area contributed by atoms with Crippen molar-refractivity contribution in [1.29, 1.82) is 0 Å². The summed E-state index contributed by atoms with van der Waals surface area (Å²) >= 11 is 0. The summed E-state index contributed by atoms with van der Waals surface area (Å²) in [4.78, 5) is 14.3. The van der Waals surface area contributed by atoms with Crippen LogP contribution in [0.25, 0.3) is 95.0 Å². The Morgan fingerprint density at radius 1 is 0.280 bits per heavy atom. The second kappa shape index (κ2) is 18.2. The van der Waals surface area contributed by atoms with Crippen LogP contribution >= 0.6 is 0 Å². The van der Waals surface area contributed by atoms with Crippen molar-refractivity contribution in [2.75, 3.05) is 0 Å². The zero-order chi connectivity index (χ0) is 53.4. The minimum Gasteiger partial charge on any atom is -0.309 e. The molecular formula is C56H29F15N4. The molecule has 0 spiro atoms. The lowest BCUT2D eigenvalue weighted by atomic mass is 9.95. The maximum Gasteiger partial charge on any atom is 0.417 e. The third-order valence-electron chi connectivity index (χ3n) is 12.4. The molecule has 0 fully saturated rings. The first-order chi connectivity index (χ1) is 35.3. The lowest BCUT2D eigenvalue weighted by Crippen LogP contribution is -2.12. The average Bonchev–Trinajstić information content (AvgIpc) is 3.72. The molecule has 378 valence electrons. The normalized spacial score (nSPS) is 12.7. The molecule has 0 saturated heterocycles. The number of halogens is 15. The van der Waals surface area contributed by atoms with E-state index in [4.69, 9.17) is 15.0 Å². The van der Waals surface area contributed by atoms with Crippen molar-refractivity contribution in [3.05, 3.63) is 204 Å². The SMILES string of the molecule is FC(F)(F)c1cccc(-c2ccc(-n3c4cc(-c5ccc(C(F)(F)F)cc5C(F)(F)F)ccc4c4ccc(-c5ccc(C(F)(F)F)cc5C(F)(F)F)cc43)cc2-c2nc(-c3ccccc3)nc(-c3ccccc3)n2)c1. The van der Waals surface area contributed by atoms with Gasteiger partial charge in [0.05, 0.1) is 38.9 Å². The highest BCUT2D eigenvalue weighted by molar-refractivity contribution is 6.11. The second-order valence-electron chi connectivity index (χ2n) is 17.2. The van der Waals surface area contributed by atoms with Crippen LogP contribution in [0, 0.1) is 0 Å². The predicted octanol–water partition coefficient (Wildman–Crippen LogP) is 18.1. The highest BCUT2D eigenvalue weighted by atomic mass is 19.4. The van der Waals surface area contributed by atoms with Gasteiger partial charge in [0.25, 0.3) is 0 Å². The summed E-state index contributed by atoms with van der Waals surface area (Å²) in [6, 6.07) is 35.4. The molecule has 0 radical (unpaired) electrons. The number of rotatable bonds is 7. The molecule has 0 aliphatic rings. The average molecular weight is 1040 g/mol. The van der Waals surface area contributed by atoms with Gasteiger partial charge in [-0.3, -0.25) is 0 Å². The third kappa shape index (κ3) is 9.77. The fraction of sp³-hybridized carbons (Fsp3) is 0.0893. The molecule has 0 atom stereocenters. The van der Waals surface area contributed by atoms with Crippen molar-refractivity contribution in [3.8, 4) is 73.2 Å². The standard InChI is InChI=1S/C56H29F15N4/c57-52(58,59)35-13-7-12-32(24-35)39-23-18-38(29-44(39)51-73-49(30-8-3-1-4-9-30)72-50(74-51)31-10-5-2-6-11-31)75-47-25-33(40-21-16-36(53(60,61)62)27-45(40)55(66,67)68)14-19-42(47)43-20-15-34(26-48(43)75)41-22-17-37(54(63,64)65)28-46(41)56(69,70)71/h1-29H. The molecule has 0 unspecified atom stereocenters. The Bertz CT molecular complexity index is 3630. The second-order valence-corrected chi connectivity index (χ2v) is 17.2. The first-order valence-corrected chi connectivity index (χ1v) is 22.2. The molecule has 0 bridgehead atoms. The summed E-state index contributed by atoms with van der Waals surface area (Å²) in [6.07, 6.45) is -25.8. The lowest BCUT2D eigenvalue weighted by Gasteiger charge is -2.18. The smallest absolute Gasteiger partial charge is 0.309 e. The van der Waals surface area contributed by atoms with E-state index < -0.39 is 69.8 Å². The number of hydrogen-bond donors (Lipinski definition) is 0. The molecule has 0 saturated carbocycles. The molecule has 2 aromatic heterocycles. The van der Waals surface area contributed by atoms with E-state index in [1.54, 1.807) is 60.7 Å². The van der Waals surface area contributed by atoms with E-state index >= 15 is 0 Å². The molecule has 75 heavy (non-hydrogen) atoms. The van der Waals surface area contributed by atoms with Crippen LogP contribution in [0.4, 0.5) is 65.9 Å². The Morgan fingerprint density at radius 2 is 0.680 bits per heavy atom. The molecule has 10 aromatic rings. The quantitative estimate of drug-likeness (QED) is 0.149. The van der Waals surface area contributed by atoms with Gasteiger partial charge in [0, 0.05) is 33.2 Å². The van der Waals surface area contributed by atoms with E-state index in [0.717, 1.165) is 12.1 Å². The van der Waals surface area contributed by atoms with E-state index in [0.29, 0.717) is 35.4 Å². The van der Waals surface area contributed by atoms with E-state index in [2.05, 4.69) is 0 Å². The first kappa shape index (κ1) is 50.1. The molecular weight excluding hydrogens is 1010 g/mol. The monoisotopic (exact) mass is 1040 g/mol. The van der Waals surface area contributed by atoms with Gasteiger partial charge in [-0.2, -0.15) is 65.9 Å². The van der Waals surface area contributed by atoms with Gasteiger partial charge in [-0.05, 0) is 94.0 Å². The predicted molar refractivity (Wildman–Crippen MR) is 252 cm³/mol. The van der Waals surface area contributed by atoms with Gasteiger partial charge < -0.3 is 4.57 Å². The Kier molecular flexibility index (Phi) is 12.1. The topological polar surface area (TPSA) is 43.6 Å². The van der Waals surface area contributed by atoms with E-state index in [1.807, 2.05) is 0 Å². The Hall–Kier alpha value is -8.48. The van der Waals surface area contributed by atoms with Crippen molar-refractivity contribution >= 4 is 21.8 Å². The zero-order valence-corrected chi connectivity index (χ0v) is 37.7. The third-order valence-corrected chi connectivity index (χ3v) is 12.4. The van der Waals surface area contributed by atoms with E-state index in [9.17, 15) is 65.9 Å². The number of benzene rings is 8. The minimum atomic E-state index is -5.32. The first-order valence-electron chi connectivity index (χ1n) is 22.2. The minimum absolute atomic E-state index is 0.0186. The van der Waals surface area contributed by atoms with Crippen molar-refractivity contribution in [2.24, 2.45) is 0 Å². The molecule has 0 aliphatic carbocycles. The van der Waals surface area contributed by atoms with E-state index in [-0.39, 0.29) is 84.9 Å². The Morgan fingerprint density at radius 3 is 1.12 bits per heavy atom. The lowest BCUT2D eigenvalue weighted by molar-refractivity contribution is -0.144. The van der Waals surface area contributed by atoms with Gasteiger partial charge in [0.2, 0.25) is 0 Å². The van der Waals surface area contributed by atoms with Crippen LogP contribution in [0.3, 0.4) is 0 Å². The van der Waals surface area contributed by atoms with Gasteiger partial charge in [-0.1, -0.05) is 115 Å². The van der Waals surface area contributed by atoms with Crippen LogP contribution in [-0.4, -0.2) is 19.5 Å². The molecule has 4 nitrogen and oxygen atoms in total. The summed E-state index contributed by atoms with van der Waals surface area (Å²) in [5, 5.41) is 0.483. The molecule has 8 aromatic carbocycles. The zero-order valence-electron chi connectivity index (χ0n) is 37.7. The highest BCUT2D eigenvalue weighted by Crippen LogP contribution is 2.46. The number of aromatic nitrogens is 4. The molecule has 0 aliphatic heterocycles. The largest absolute Gasteiger partial charge is 0.417 e. The van der Waals surface area contributed by atoms with Crippen LogP contribution in [0.1, 0.15) is 27.8 Å². The molecule has 19 heteroatoms. The maximum absolute atomic E-state index is 14.7. The Labute approximate surface area is 414 Å². The Balaban J connectivity index is 1.30. The fourth-order valence-corrected chi connectivity index (χ4v) is 8.95. The van der Waals surface area contributed by atoms with Gasteiger partial charge >= 0.3 is 30.9 Å². The van der Waals surface area contributed by atoms with Crippen molar-refractivity contribution in [3.63, 3.8) is 0 Å². The fourth-order valence-electron chi connectivity index (χ4n) is 8.95. The van der Waals surface area contributed by atoms with Crippen molar-refractivity contribution in [1.82, 2.24) is 19.5 Å². The van der Waals surface area contributed by atoms with Gasteiger partial charge in [-0.15, -0.1) is 0 Å². The van der Waals surface area contributed by atoms with Gasteiger partial charge in [0.1, 0.15) is 0 Å². The summed E-state index contributed by atoms with van der Waals surface area (Å²) < 4.78 is 215. The van der Waals surface area contributed by atoms with E-state index in [1.165, 1.54) is 71.3 Å². The molecule has 0 N–H and O–H groups in total. The molecule has 2 heterocycles. The number of nitrogens with zero attached hydrogens (tertiary/aromatic N) is 4. The summed E-state index contributed by atoms with van der Waals surface area (Å²) in [5.41, 5.74) is -8.04. The van der Waals surface area contributed by atoms with Crippen molar-refractivity contribution in [2.45, 2.75) is 30.9 Å². The summed E-state index contributed by atoms with van der Waals surface area (Å²) in [5.74, 6) is 0.151. The number of fused-ring (bicyclic) bond motifs is 3. The molecule has 0 amide bonds.